The number of carbonyl (C=O) groups is 1. The quantitative estimate of drug-likeness (QED) is 0.797. The van der Waals surface area contributed by atoms with Gasteiger partial charge in [-0.15, -0.1) is 0 Å². The van der Waals surface area contributed by atoms with Crippen LogP contribution in [0, 0.1) is 0 Å². The first-order valence-electron chi connectivity index (χ1n) is 7.75. The fourth-order valence-corrected chi connectivity index (χ4v) is 2.68. The van der Waals surface area contributed by atoms with Gasteiger partial charge in [-0.1, -0.05) is 12.8 Å². The number of nitrogens with one attached hydrogen (secondary N) is 2. The lowest BCUT2D eigenvalue weighted by Gasteiger charge is -2.23. The van der Waals surface area contributed by atoms with E-state index in [9.17, 15) is 4.79 Å². The minimum atomic E-state index is -0.162. The maximum atomic E-state index is 12.0. The predicted molar refractivity (Wildman–Crippen MR) is 83.4 cm³/mol. The molecule has 0 aliphatic heterocycles. The highest BCUT2D eigenvalue weighted by atomic mass is 16.1. The van der Waals surface area contributed by atoms with E-state index in [2.05, 4.69) is 32.5 Å². The van der Waals surface area contributed by atoms with E-state index in [1.807, 2.05) is 6.92 Å². The first-order chi connectivity index (χ1) is 10.2. The van der Waals surface area contributed by atoms with Gasteiger partial charge in [0.05, 0.1) is 12.4 Å². The molecule has 0 aromatic carbocycles. The molecule has 1 aromatic heterocycles. The van der Waals surface area contributed by atoms with Crippen LogP contribution in [0.2, 0.25) is 0 Å². The number of rotatable bonds is 7. The molecule has 1 aromatic rings. The highest BCUT2D eigenvalue weighted by Gasteiger charge is 2.19. The molecule has 6 heteroatoms. The third-order valence-corrected chi connectivity index (χ3v) is 3.94. The van der Waals surface area contributed by atoms with E-state index in [-0.39, 0.29) is 5.91 Å². The van der Waals surface area contributed by atoms with E-state index in [0.29, 0.717) is 24.1 Å². The predicted octanol–water partition coefficient (Wildman–Crippen LogP) is 1.51. The minimum Gasteiger partial charge on any atom is -0.369 e. The summed E-state index contributed by atoms with van der Waals surface area (Å²) < 4.78 is 0. The van der Waals surface area contributed by atoms with Gasteiger partial charge in [0, 0.05) is 25.7 Å². The monoisotopic (exact) mass is 291 g/mol. The number of hydrogen-bond acceptors (Lipinski definition) is 5. The number of aromatic nitrogens is 2. The van der Waals surface area contributed by atoms with Crippen molar-refractivity contribution >= 4 is 11.7 Å². The molecule has 1 aliphatic rings. The zero-order chi connectivity index (χ0) is 15.1. The molecular formula is C15H25N5O. The smallest absolute Gasteiger partial charge is 0.271 e. The molecule has 0 bridgehead atoms. The highest BCUT2D eigenvalue weighted by Crippen LogP contribution is 2.21. The number of likely N-dealkylation sites (N-methyl/N-ethyl adjacent to an activating group) is 1. The van der Waals surface area contributed by atoms with Crippen molar-refractivity contribution in [1.82, 2.24) is 20.2 Å². The summed E-state index contributed by atoms with van der Waals surface area (Å²) in [7, 11) is 2.13. The maximum Gasteiger partial charge on any atom is 0.271 e. The summed E-state index contributed by atoms with van der Waals surface area (Å²) in [5.41, 5.74) is 0.361. The minimum absolute atomic E-state index is 0.162. The number of anilines is 1. The Hall–Kier alpha value is -1.69. The molecule has 1 heterocycles. The standard InChI is InChI=1S/C15H25N5O/c1-3-16-14-11-18-13(10-19-14)15(21)17-8-9-20(2)12-6-4-5-7-12/h10-12H,3-9H2,1-2H3,(H,16,19)(H,17,21). The lowest BCUT2D eigenvalue weighted by molar-refractivity contribution is 0.0942. The average Bonchev–Trinajstić information content (AvgIpc) is 3.02. The zero-order valence-electron chi connectivity index (χ0n) is 12.9. The molecule has 2 rings (SSSR count). The van der Waals surface area contributed by atoms with E-state index < -0.39 is 0 Å². The summed E-state index contributed by atoms with van der Waals surface area (Å²) >= 11 is 0. The van der Waals surface area contributed by atoms with Crippen LogP contribution in [0.4, 0.5) is 5.82 Å². The van der Waals surface area contributed by atoms with Crippen LogP contribution in [-0.2, 0) is 0 Å². The molecule has 1 saturated carbocycles. The van der Waals surface area contributed by atoms with Crippen molar-refractivity contribution < 1.29 is 4.79 Å². The molecule has 0 unspecified atom stereocenters. The summed E-state index contributed by atoms with van der Waals surface area (Å²) in [6, 6.07) is 0.682. The van der Waals surface area contributed by atoms with Crippen molar-refractivity contribution in [1.29, 1.82) is 0 Å². The summed E-state index contributed by atoms with van der Waals surface area (Å²) in [5.74, 6) is 0.528. The second-order valence-electron chi connectivity index (χ2n) is 5.49. The fourth-order valence-electron chi connectivity index (χ4n) is 2.68. The average molecular weight is 291 g/mol. The summed E-state index contributed by atoms with van der Waals surface area (Å²) in [5, 5.41) is 5.95. The largest absolute Gasteiger partial charge is 0.369 e. The maximum absolute atomic E-state index is 12.0. The molecule has 0 saturated heterocycles. The van der Waals surface area contributed by atoms with Gasteiger partial charge >= 0.3 is 0 Å². The van der Waals surface area contributed by atoms with Gasteiger partial charge in [0.15, 0.2) is 0 Å². The first kappa shape index (κ1) is 15.7. The number of amides is 1. The Morgan fingerprint density at radius 2 is 2.10 bits per heavy atom. The third kappa shape index (κ3) is 4.67. The second-order valence-corrected chi connectivity index (χ2v) is 5.49. The van der Waals surface area contributed by atoms with Crippen molar-refractivity contribution in [2.45, 2.75) is 38.6 Å². The Morgan fingerprint density at radius 3 is 2.71 bits per heavy atom. The number of hydrogen-bond donors (Lipinski definition) is 2. The Morgan fingerprint density at radius 1 is 1.33 bits per heavy atom. The lowest BCUT2D eigenvalue weighted by atomic mass is 10.2. The molecule has 1 fully saturated rings. The van der Waals surface area contributed by atoms with Crippen LogP contribution in [0.15, 0.2) is 12.4 Å². The van der Waals surface area contributed by atoms with Crippen LogP contribution < -0.4 is 10.6 Å². The van der Waals surface area contributed by atoms with Crippen LogP contribution in [0.25, 0.3) is 0 Å². The van der Waals surface area contributed by atoms with Crippen molar-refractivity contribution in [3.8, 4) is 0 Å². The Bertz CT molecular complexity index is 442. The Balaban J connectivity index is 1.73. The molecule has 21 heavy (non-hydrogen) atoms. The summed E-state index contributed by atoms with van der Waals surface area (Å²) in [6.45, 7) is 4.29. The number of nitrogens with zero attached hydrogens (tertiary/aromatic N) is 3. The van der Waals surface area contributed by atoms with E-state index in [0.717, 1.165) is 13.1 Å². The van der Waals surface area contributed by atoms with Gasteiger partial charge in [-0.3, -0.25) is 4.79 Å². The highest BCUT2D eigenvalue weighted by molar-refractivity contribution is 5.91. The molecule has 1 amide bonds. The van der Waals surface area contributed by atoms with Crippen molar-refractivity contribution in [3.63, 3.8) is 0 Å². The summed E-state index contributed by atoms with van der Waals surface area (Å²) in [4.78, 5) is 22.6. The molecule has 2 N–H and O–H groups in total. The van der Waals surface area contributed by atoms with E-state index in [1.54, 1.807) is 6.20 Å². The lowest BCUT2D eigenvalue weighted by Crippen LogP contribution is -2.37. The van der Waals surface area contributed by atoms with Gasteiger partial charge in [-0.25, -0.2) is 9.97 Å². The van der Waals surface area contributed by atoms with Crippen LogP contribution in [-0.4, -0.2) is 53.5 Å². The van der Waals surface area contributed by atoms with E-state index in [1.165, 1.54) is 31.9 Å². The number of carbonyl (C=O) groups excluding carboxylic acids is 1. The first-order valence-corrected chi connectivity index (χ1v) is 7.75. The van der Waals surface area contributed by atoms with Crippen LogP contribution in [0.3, 0.4) is 0 Å². The molecule has 1 aliphatic carbocycles. The topological polar surface area (TPSA) is 70.2 Å². The van der Waals surface area contributed by atoms with E-state index >= 15 is 0 Å². The fraction of sp³-hybridized carbons (Fsp3) is 0.667. The van der Waals surface area contributed by atoms with Crippen molar-refractivity contribution in [2.75, 3.05) is 32.0 Å². The van der Waals surface area contributed by atoms with E-state index in [4.69, 9.17) is 0 Å². The van der Waals surface area contributed by atoms with Crippen LogP contribution in [0.1, 0.15) is 43.1 Å². The van der Waals surface area contributed by atoms with Gasteiger partial charge in [-0.2, -0.15) is 0 Å². The second kappa shape index (κ2) is 7.93. The molecule has 116 valence electrons. The third-order valence-electron chi connectivity index (χ3n) is 3.94. The molecular weight excluding hydrogens is 266 g/mol. The zero-order valence-corrected chi connectivity index (χ0v) is 12.9. The van der Waals surface area contributed by atoms with Gasteiger partial charge in [0.25, 0.3) is 5.91 Å². The summed E-state index contributed by atoms with van der Waals surface area (Å²) in [6.07, 6.45) is 8.31. The SMILES string of the molecule is CCNc1cnc(C(=O)NCCN(C)C2CCCC2)cn1. The van der Waals surface area contributed by atoms with Crippen molar-refractivity contribution in [3.05, 3.63) is 18.1 Å². The van der Waals surface area contributed by atoms with Gasteiger partial charge < -0.3 is 15.5 Å². The Kier molecular flexibility index (Phi) is 5.92. The van der Waals surface area contributed by atoms with Gasteiger partial charge in [0.2, 0.25) is 0 Å². The molecule has 0 spiro atoms. The normalized spacial score (nSPS) is 15.4. The van der Waals surface area contributed by atoms with Gasteiger partial charge in [0.1, 0.15) is 11.5 Å². The molecule has 0 atom stereocenters. The van der Waals surface area contributed by atoms with Crippen LogP contribution in [0.5, 0.6) is 0 Å². The van der Waals surface area contributed by atoms with Crippen molar-refractivity contribution in [2.24, 2.45) is 0 Å². The van der Waals surface area contributed by atoms with Crippen LogP contribution >= 0.6 is 0 Å². The molecule has 6 nitrogen and oxygen atoms in total. The molecule has 0 radical (unpaired) electrons. The van der Waals surface area contributed by atoms with Gasteiger partial charge in [-0.05, 0) is 26.8 Å². The Labute approximate surface area is 126 Å².